The van der Waals surface area contributed by atoms with E-state index in [0.717, 1.165) is 10.9 Å². The highest BCUT2D eigenvalue weighted by atomic mass is 16.5. The number of benzene rings is 1. The largest absolute Gasteiger partial charge is 0.497 e. The van der Waals surface area contributed by atoms with Gasteiger partial charge in [-0.3, -0.25) is 9.69 Å². The maximum Gasteiger partial charge on any atom is 0.404 e. The number of carbonyl (C=O) groups is 1. The van der Waals surface area contributed by atoms with Gasteiger partial charge in [0, 0.05) is 50.8 Å². The van der Waals surface area contributed by atoms with E-state index in [0.29, 0.717) is 31.9 Å². The highest BCUT2D eigenvalue weighted by Gasteiger charge is 2.31. The van der Waals surface area contributed by atoms with Gasteiger partial charge in [0.2, 0.25) is 0 Å². The van der Waals surface area contributed by atoms with Crippen LogP contribution in [0.25, 0.3) is 10.9 Å². The Hall–Kier alpha value is -2.58. The number of methoxy groups -OCH3 is 1. The number of β-amino-alcohol motifs (C(OH)–C–C–N with tert-alkyl or cyclic N) is 1. The fourth-order valence-electron chi connectivity index (χ4n) is 3.41. The molecule has 0 saturated carbocycles. The molecule has 0 unspecified atom stereocenters. The van der Waals surface area contributed by atoms with Crippen LogP contribution in [-0.2, 0) is 6.54 Å². The predicted octanol–water partition coefficient (Wildman–Crippen LogP) is 0.570. The van der Waals surface area contributed by atoms with E-state index in [1.54, 1.807) is 23.8 Å². The van der Waals surface area contributed by atoms with Crippen molar-refractivity contribution in [1.29, 1.82) is 0 Å². The van der Waals surface area contributed by atoms with E-state index in [1.165, 1.54) is 0 Å². The number of rotatable bonds is 6. The fraction of sp³-hybridized carbons (Fsp3) is 0.444. The molecule has 2 aromatic rings. The van der Waals surface area contributed by atoms with E-state index >= 15 is 0 Å². The molecule has 2 atom stereocenters. The van der Waals surface area contributed by atoms with Gasteiger partial charge in [-0.2, -0.15) is 0 Å². The Kier molecular flexibility index (Phi) is 5.43. The Labute approximate surface area is 150 Å². The number of nitrogens with zero attached hydrogens (tertiary/aromatic N) is 2. The molecule has 1 fully saturated rings. The molecule has 0 spiro atoms. The first kappa shape index (κ1) is 18.2. The predicted molar refractivity (Wildman–Crippen MR) is 96.7 cm³/mol. The second-order valence-electron chi connectivity index (χ2n) is 6.52. The number of carboxylic acid groups (broad SMARTS) is 1. The van der Waals surface area contributed by atoms with Crippen molar-refractivity contribution in [1.82, 2.24) is 14.8 Å². The van der Waals surface area contributed by atoms with Crippen LogP contribution in [0.15, 0.2) is 35.1 Å². The highest BCUT2D eigenvalue weighted by Crippen LogP contribution is 2.20. The summed E-state index contributed by atoms with van der Waals surface area (Å²) >= 11 is 0. The van der Waals surface area contributed by atoms with E-state index < -0.39 is 12.2 Å². The van der Waals surface area contributed by atoms with Gasteiger partial charge in [-0.25, -0.2) is 4.79 Å². The zero-order valence-electron chi connectivity index (χ0n) is 14.6. The maximum absolute atomic E-state index is 12.3. The molecule has 26 heavy (non-hydrogen) atoms. The summed E-state index contributed by atoms with van der Waals surface area (Å²) in [6.07, 6.45) is -1.67. The van der Waals surface area contributed by atoms with Crippen molar-refractivity contribution in [3.05, 3.63) is 40.7 Å². The van der Waals surface area contributed by atoms with Gasteiger partial charge in [-0.05, 0) is 23.6 Å². The van der Waals surface area contributed by atoms with Crippen molar-refractivity contribution in [2.75, 3.05) is 33.3 Å². The molecule has 8 nitrogen and oxygen atoms in total. The molecule has 0 bridgehead atoms. The van der Waals surface area contributed by atoms with Crippen molar-refractivity contribution in [3.8, 4) is 5.75 Å². The standard InChI is InChI=1S/C18H23N3O5/c1-26-14-4-2-12-3-5-17(23)21(15(12)8-14)7-6-20-10-13(16(22)11-20)9-19-18(24)25/h2-5,8,13,16,19,22H,6-7,9-11H2,1H3,(H,24,25)/t13-,16+/m0/s1. The van der Waals surface area contributed by atoms with E-state index in [1.807, 2.05) is 23.1 Å². The van der Waals surface area contributed by atoms with Crippen LogP contribution >= 0.6 is 0 Å². The molecule has 0 aliphatic carbocycles. The van der Waals surface area contributed by atoms with Crippen LogP contribution in [0.1, 0.15) is 0 Å². The molecule has 3 N–H and O–H groups in total. The summed E-state index contributed by atoms with van der Waals surface area (Å²) in [4.78, 5) is 25.0. The van der Waals surface area contributed by atoms with E-state index in [-0.39, 0.29) is 18.0 Å². The molecule has 8 heteroatoms. The Bertz CT molecular complexity index is 850. The number of hydrogen-bond donors (Lipinski definition) is 3. The Morgan fingerprint density at radius 2 is 2.04 bits per heavy atom. The normalized spacial score (nSPS) is 20.4. The number of fused-ring (bicyclic) bond motifs is 1. The second-order valence-corrected chi connectivity index (χ2v) is 6.52. The van der Waals surface area contributed by atoms with Crippen molar-refractivity contribution in [3.63, 3.8) is 0 Å². The maximum atomic E-state index is 12.3. The molecule has 1 amide bonds. The zero-order valence-corrected chi connectivity index (χ0v) is 14.6. The monoisotopic (exact) mass is 361 g/mol. The zero-order chi connectivity index (χ0) is 18.7. The van der Waals surface area contributed by atoms with Crippen LogP contribution in [0.4, 0.5) is 4.79 Å². The summed E-state index contributed by atoms with van der Waals surface area (Å²) in [5.41, 5.74) is 0.718. The number of amides is 1. The van der Waals surface area contributed by atoms with Crippen LogP contribution in [-0.4, -0.2) is 65.2 Å². The second kappa shape index (κ2) is 7.76. The molecule has 1 aromatic heterocycles. The number of ether oxygens (including phenoxy) is 1. The van der Waals surface area contributed by atoms with Crippen molar-refractivity contribution in [2.45, 2.75) is 12.6 Å². The van der Waals surface area contributed by atoms with E-state index in [4.69, 9.17) is 9.84 Å². The summed E-state index contributed by atoms with van der Waals surface area (Å²) in [5.74, 6) is 0.545. The average molecular weight is 361 g/mol. The number of aliphatic hydroxyl groups is 1. The van der Waals surface area contributed by atoms with Crippen LogP contribution in [0.3, 0.4) is 0 Å². The number of aromatic nitrogens is 1. The molecule has 140 valence electrons. The van der Waals surface area contributed by atoms with Gasteiger partial charge in [0.15, 0.2) is 0 Å². The van der Waals surface area contributed by atoms with Gasteiger partial charge in [0.25, 0.3) is 5.56 Å². The number of hydrogen-bond acceptors (Lipinski definition) is 5. The van der Waals surface area contributed by atoms with Crippen LogP contribution in [0, 0.1) is 5.92 Å². The molecule has 1 aliphatic heterocycles. The summed E-state index contributed by atoms with van der Waals surface area (Å²) in [6, 6.07) is 8.95. The molecular formula is C18H23N3O5. The first-order valence-corrected chi connectivity index (χ1v) is 8.52. The average Bonchev–Trinajstić information content (AvgIpc) is 2.98. The Morgan fingerprint density at radius 3 is 2.77 bits per heavy atom. The third-order valence-corrected chi connectivity index (χ3v) is 4.84. The van der Waals surface area contributed by atoms with Crippen molar-refractivity contribution >= 4 is 17.0 Å². The summed E-state index contributed by atoms with van der Waals surface area (Å²) in [7, 11) is 1.59. The number of nitrogens with one attached hydrogen (secondary N) is 1. The minimum Gasteiger partial charge on any atom is -0.497 e. The summed E-state index contributed by atoms with van der Waals surface area (Å²) in [6.45, 7) is 2.35. The van der Waals surface area contributed by atoms with Gasteiger partial charge >= 0.3 is 6.09 Å². The SMILES string of the molecule is COc1ccc2ccc(=O)n(CCN3C[C@H](CNC(=O)O)[C@H](O)C3)c2c1. The lowest BCUT2D eigenvalue weighted by Crippen LogP contribution is -2.33. The van der Waals surface area contributed by atoms with Gasteiger partial charge in [0.05, 0.1) is 18.7 Å². The molecule has 3 rings (SSSR count). The number of aliphatic hydroxyl groups excluding tert-OH is 1. The van der Waals surface area contributed by atoms with Crippen LogP contribution in [0.5, 0.6) is 5.75 Å². The third-order valence-electron chi connectivity index (χ3n) is 4.84. The molecule has 0 radical (unpaired) electrons. The molecular weight excluding hydrogens is 338 g/mol. The Morgan fingerprint density at radius 1 is 1.27 bits per heavy atom. The molecule has 1 aromatic carbocycles. The van der Waals surface area contributed by atoms with Crippen LogP contribution < -0.4 is 15.6 Å². The van der Waals surface area contributed by atoms with Crippen molar-refractivity contribution in [2.24, 2.45) is 5.92 Å². The van der Waals surface area contributed by atoms with Crippen molar-refractivity contribution < 1.29 is 19.7 Å². The lowest BCUT2D eigenvalue weighted by molar-refractivity contribution is 0.138. The van der Waals surface area contributed by atoms with Gasteiger partial charge in [-0.1, -0.05) is 0 Å². The summed E-state index contributed by atoms with van der Waals surface area (Å²) < 4.78 is 6.96. The molecule has 2 heterocycles. The smallest absolute Gasteiger partial charge is 0.404 e. The quantitative estimate of drug-likeness (QED) is 0.695. The topological polar surface area (TPSA) is 104 Å². The lowest BCUT2D eigenvalue weighted by Gasteiger charge is -2.18. The number of likely N-dealkylation sites (tertiary alicyclic amines) is 1. The fourth-order valence-corrected chi connectivity index (χ4v) is 3.41. The minimum atomic E-state index is -1.09. The minimum absolute atomic E-state index is 0.0883. The number of pyridine rings is 1. The third kappa shape index (κ3) is 3.97. The van der Waals surface area contributed by atoms with E-state index in [2.05, 4.69) is 5.32 Å². The van der Waals surface area contributed by atoms with Gasteiger partial charge in [0.1, 0.15) is 5.75 Å². The molecule has 1 aliphatic rings. The summed E-state index contributed by atoms with van der Waals surface area (Å²) in [5, 5.41) is 22.1. The first-order chi connectivity index (χ1) is 12.5. The van der Waals surface area contributed by atoms with Crippen LogP contribution in [0.2, 0.25) is 0 Å². The van der Waals surface area contributed by atoms with Gasteiger partial charge < -0.3 is 24.8 Å². The van der Waals surface area contributed by atoms with E-state index in [9.17, 15) is 14.7 Å². The molecule has 1 saturated heterocycles. The highest BCUT2D eigenvalue weighted by molar-refractivity contribution is 5.80. The first-order valence-electron chi connectivity index (χ1n) is 8.52. The lowest BCUT2D eigenvalue weighted by atomic mass is 10.1. The Balaban J connectivity index is 1.71. The van der Waals surface area contributed by atoms with Gasteiger partial charge in [-0.15, -0.1) is 0 Å².